The van der Waals surface area contributed by atoms with Gasteiger partial charge in [-0.3, -0.25) is 10.1 Å². The molecule has 128 valence electrons. The molecular weight excluding hydrogens is 328 g/mol. The maximum absolute atomic E-state index is 11.0. The van der Waals surface area contributed by atoms with Crippen LogP contribution < -0.4 is 0 Å². The van der Waals surface area contributed by atoms with Crippen LogP contribution in [-0.2, 0) is 10.3 Å². The molecule has 0 bridgehead atoms. The third kappa shape index (κ3) is 2.54. The van der Waals surface area contributed by atoms with E-state index in [0.29, 0.717) is 0 Å². The van der Waals surface area contributed by atoms with E-state index >= 15 is 0 Å². The fourth-order valence-electron chi connectivity index (χ4n) is 3.43. The summed E-state index contributed by atoms with van der Waals surface area (Å²) < 4.78 is 5.90. The number of hydrogen-bond donors (Lipinski definition) is 0. The van der Waals surface area contributed by atoms with Crippen LogP contribution in [0.15, 0.2) is 89.9 Å². The second-order valence-corrected chi connectivity index (χ2v) is 6.10. The number of nitrogens with zero attached hydrogens (tertiary/aromatic N) is 2. The molecule has 1 unspecified atom stereocenters. The molecule has 0 aromatic heterocycles. The summed E-state index contributed by atoms with van der Waals surface area (Å²) in [6.45, 7) is 0. The molecular formula is C21H16N2O3. The first-order chi connectivity index (χ1) is 12.7. The van der Waals surface area contributed by atoms with Gasteiger partial charge in [0.25, 0.3) is 5.69 Å². The second-order valence-electron chi connectivity index (χ2n) is 6.10. The monoisotopic (exact) mass is 344 g/mol. The van der Waals surface area contributed by atoms with Gasteiger partial charge in [-0.2, -0.15) is 0 Å². The molecule has 1 aliphatic heterocycles. The smallest absolute Gasteiger partial charge is 0.269 e. The molecule has 0 aliphatic carbocycles. The van der Waals surface area contributed by atoms with Crippen LogP contribution in [0.1, 0.15) is 22.8 Å². The first-order valence-corrected chi connectivity index (χ1v) is 8.26. The van der Waals surface area contributed by atoms with Crippen molar-refractivity contribution in [2.75, 3.05) is 0 Å². The van der Waals surface area contributed by atoms with Gasteiger partial charge >= 0.3 is 0 Å². The van der Waals surface area contributed by atoms with Crippen molar-refractivity contribution in [2.24, 2.45) is 4.99 Å². The molecule has 0 saturated heterocycles. The number of nitro benzene ring substituents is 1. The maximum Gasteiger partial charge on any atom is 0.269 e. The minimum absolute atomic E-state index is 0.0534. The van der Waals surface area contributed by atoms with Crippen LogP contribution in [0.3, 0.4) is 0 Å². The van der Waals surface area contributed by atoms with Crippen LogP contribution in [0, 0.1) is 10.1 Å². The number of ether oxygens (including phenoxy) is 1. The van der Waals surface area contributed by atoms with Gasteiger partial charge in [0, 0.05) is 12.1 Å². The highest BCUT2D eigenvalue weighted by atomic mass is 16.6. The van der Waals surface area contributed by atoms with Crippen molar-refractivity contribution in [3.05, 3.63) is 112 Å². The molecule has 26 heavy (non-hydrogen) atoms. The fourth-order valence-corrected chi connectivity index (χ4v) is 3.43. The number of non-ortho nitro benzene ring substituents is 1. The van der Waals surface area contributed by atoms with Gasteiger partial charge < -0.3 is 4.74 Å². The highest BCUT2D eigenvalue weighted by Gasteiger charge is 2.47. The number of aliphatic imine (C=N–C) groups is 1. The Labute approximate surface area is 150 Å². The normalized spacial score (nSPS) is 17.6. The molecule has 5 heteroatoms. The molecule has 4 rings (SSSR count). The van der Waals surface area contributed by atoms with Gasteiger partial charge in [0.2, 0.25) is 0 Å². The van der Waals surface area contributed by atoms with Crippen molar-refractivity contribution in [3.8, 4) is 0 Å². The number of nitro groups is 1. The molecule has 5 nitrogen and oxygen atoms in total. The van der Waals surface area contributed by atoms with E-state index in [4.69, 9.17) is 9.73 Å². The van der Waals surface area contributed by atoms with Crippen molar-refractivity contribution >= 4 is 12.1 Å². The van der Waals surface area contributed by atoms with Crippen molar-refractivity contribution in [1.82, 2.24) is 0 Å². The van der Waals surface area contributed by atoms with Gasteiger partial charge in [-0.05, 0) is 28.8 Å². The Morgan fingerprint density at radius 2 is 1.38 bits per heavy atom. The molecule has 1 atom stereocenters. The Hall–Kier alpha value is -3.47. The van der Waals surface area contributed by atoms with Crippen LogP contribution >= 0.6 is 0 Å². The van der Waals surface area contributed by atoms with E-state index in [-0.39, 0.29) is 5.69 Å². The second kappa shape index (κ2) is 6.44. The summed E-state index contributed by atoms with van der Waals surface area (Å²) in [6.07, 6.45) is 1.07. The number of benzene rings is 3. The Morgan fingerprint density at radius 3 is 1.88 bits per heavy atom. The fraction of sp³-hybridized carbons (Fsp3) is 0.0952. The van der Waals surface area contributed by atoms with Crippen LogP contribution in [0.2, 0.25) is 0 Å². The summed E-state index contributed by atoms with van der Waals surface area (Å²) in [4.78, 5) is 15.3. The lowest BCUT2D eigenvalue weighted by Gasteiger charge is -2.33. The Bertz CT molecular complexity index is 899. The molecule has 0 spiro atoms. The zero-order valence-electron chi connectivity index (χ0n) is 13.9. The van der Waals surface area contributed by atoms with Crippen molar-refractivity contribution in [2.45, 2.75) is 11.6 Å². The lowest BCUT2D eigenvalue weighted by molar-refractivity contribution is -0.384. The van der Waals surface area contributed by atoms with Gasteiger partial charge in [-0.15, -0.1) is 0 Å². The quantitative estimate of drug-likeness (QED) is 0.512. The first kappa shape index (κ1) is 16.0. The standard InChI is InChI=1S/C21H16N2O3/c24-23(25)19-13-11-16(12-14-19)20-21(22-15-26-20,17-7-3-1-4-8-17)18-9-5-2-6-10-18/h1-15,20H. The molecule has 0 saturated carbocycles. The summed E-state index contributed by atoms with van der Waals surface area (Å²) in [7, 11) is 0. The minimum atomic E-state index is -0.737. The topological polar surface area (TPSA) is 64.7 Å². The third-order valence-electron chi connectivity index (χ3n) is 4.67. The zero-order chi connectivity index (χ0) is 18.0. The van der Waals surface area contributed by atoms with E-state index in [1.165, 1.54) is 18.5 Å². The zero-order valence-corrected chi connectivity index (χ0v) is 13.9. The van der Waals surface area contributed by atoms with E-state index < -0.39 is 16.6 Å². The van der Waals surface area contributed by atoms with E-state index in [1.54, 1.807) is 12.1 Å². The van der Waals surface area contributed by atoms with Crippen LogP contribution in [0.4, 0.5) is 5.69 Å². The summed E-state index contributed by atoms with van der Waals surface area (Å²) >= 11 is 0. The summed E-state index contributed by atoms with van der Waals surface area (Å²) in [6, 6.07) is 26.4. The molecule has 1 aliphatic rings. The minimum Gasteiger partial charge on any atom is -0.472 e. The van der Waals surface area contributed by atoms with Crippen molar-refractivity contribution in [1.29, 1.82) is 0 Å². The van der Waals surface area contributed by atoms with Gasteiger partial charge in [0.15, 0.2) is 18.0 Å². The van der Waals surface area contributed by atoms with Crippen LogP contribution in [-0.4, -0.2) is 11.3 Å². The Balaban J connectivity index is 1.87. The molecule has 1 heterocycles. The van der Waals surface area contributed by atoms with Crippen LogP contribution in [0.5, 0.6) is 0 Å². The first-order valence-electron chi connectivity index (χ1n) is 8.26. The average molecular weight is 344 g/mol. The average Bonchev–Trinajstić information content (AvgIpc) is 3.15. The molecule has 0 fully saturated rings. The molecule has 0 amide bonds. The van der Waals surface area contributed by atoms with Gasteiger partial charge in [0.1, 0.15) is 0 Å². The summed E-state index contributed by atoms with van der Waals surface area (Å²) in [5, 5.41) is 11.0. The predicted octanol–water partition coefficient (Wildman–Crippen LogP) is 4.64. The van der Waals surface area contributed by atoms with Gasteiger partial charge in [-0.25, -0.2) is 4.99 Å². The Morgan fingerprint density at radius 1 is 0.846 bits per heavy atom. The largest absolute Gasteiger partial charge is 0.472 e. The maximum atomic E-state index is 11.0. The lowest BCUT2D eigenvalue weighted by atomic mass is 9.76. The van der Waals surface area contributed by atoms with E-state index in [0.717, 1.165) is 16.7 Å². The highest BCUT2D eigenvalue weighted by molar-refractivity contribution is 5.59. The van der Waals surface area contributed by atoms with Gasteiger partial charge in [0.05, 0.1) is 4.92 Å². The molecule has 0 radical (unpaired) electrons. The molecule has 3 aromatic rings. The highest BCUT2D eigenvalue weighted by Crippen LogP contribution is 2.49. The van der Waals surface area contributed by atoms with Crippen LogP contribution in [0.25, 0.3) is 0 Å². The molecule has 0 N–H and O–H groups in total. The van der Waals surface area contributed by atoms with Crippen molar-refractivity contribution in [3.63, 3.8) is 0 Å². The lowest BCUT2D eigenvalue weighted by Crippen LogP contribution is -2.30. The summed E-state index contributed by atoms with van der Waals surface area (Å²) in [5.74, 6) is 0. The Kier molecular flexibility index (Phi) is 3.97. The predicted molar refractivity (Wildman–Crippen MR) is 99.1 cm³/mol. The van der Waals surface area contributed by atoms with E-state index in [2.05, 4.69) is 0 Å². The van der Waals surface area contributed by atoms with Crippen molar-refractivity contribution < 1.29 is 9.66 Å². The van der Waals surface area contributed by atoms with Gasteiger partial charge in [-0.1, -0.05) is 60.7 Å². The third-order valence-corrected chi connectivity index (χ3v) is 4.67. The SMILES string of the molecule is O=[N+]([O-])c1ccc(C2OC=NC2(c2ccccc2)c2ccccc2)cc1. The number of rotatable bonds is 4. The molecule has 3 aromatic carbocycles. The number of hydrogen-bond acceptors (Lipinski definition) is 4. The summed E-state index contributed by atoms with van der Waals surface area (Å²) in [5.41, 5.74) is 2.16. The van der Waals surface area contributed by atoms with E-state index in [1.807, 2.05) is 60.7 Å². The van der Waals surface area contributed by atoms with E-state index in [9.17, 15) is 10.1 Å².